The fraction of sp³-hybridized carbons (Fsp3) is 0.0909. The molecular formula is C11H12N2O4. The first kappa shape index (κ1) is 12.6. The van der Waals surface area contributed by atoms with Crippen molar-refractivity contribution in [1.29, 1.82) is 0 Å². The molecule has 90 valence electrons. The van der Waals surface area contributed by atoms with E-state index in [2.05, 4.69) is 14.7 Å². The highest BCUT2D eigenvalue weighted by molar-refractivity contribution is 5.87. The van der Waals surface area contributed by atoms with Crippen LogP contribution in [0.2, 0.25) is 0 Å². The van der Waals surface area contributed by atoms with E-state index in [4.69, 9.17) is 5.11 Å². The van der Waals surface area contributed by atoms with Crippen molar-refractivity contribution in [3.8, 4) is 0 Å². The van der Waals surface area contributed by atoms with Gasteiger partial charge in [0.25, 0.3) is 0 Å². The normalized spacial score (nSPS) is 9.00. The Hall–Kier alpha value is -2.50. The number of esters is 1. The summed E-state index contributed by atoms with van der Waals surface area (Å²) in [5.41, 5.74) is 0.711. The fourth-order valence-corrected chi connectivity index (χ4v) is 1.03. The lowest BCUT2D eigenvalue weighted by molar-refractivity contribution is 0.0594. The smallest absolute Gasteiger partial charge is 0.354 e. The largest absolute Gasteiger partial charge is 0.477 e. The average molecular weight is 236 g/mol. The van der Waals surface area contributed by atoms with Crippen LogP contribution in [0, 0.1) is 0 Å². The van der Waals surface area contributed by atoms with Crippen molar-refractivity contribution in [2.75, 3.05) is 7.11 Å². The topological polar surface area (TPSA) is 95.2 Å². The third-order valence-electron chi connectivity index (χ3n) is 1.83. The zero-order valence-corrected chi connectivity index (χ0v) is 9.14. The molecular weight excluding hydrogens is 224 g/mol. The van der Waals surface area contributed by atoms with Crippen molar-refractivity contribution >= 4 is 11.9 Å². The molecule has 3 N–H and O–H groups in total. The minimum Gasteiger partial charge on any atom is -0.477 e. The van der Waals surface area contributed by atoms with E-state index in [0.717, 1.165) is 0 Å². The first-order valence-electron chi connectivity index (χ1n) is 4.73. The van der Waals surface area contributed by atoms with E-state index in [1.54, 1.807) is 30.6 Å². The van der Waals surface area contributed by atoms with E-state index in [9.17, 15) is 9.59 Å². The molecule has 0 fully saturated rings. The van der Waals surface area contributed by atoms with Crippen LogP contribution in [0.4, 0.5) is 0 Å². The molecule has 17 heavy (non-hydrogen) atoms. The van der Waals surface area contributed by atoms with E-state index in [1.807, 2.05) is 0 Å². The van der Waals surface area contributed by atoms with Crippen LogP contribution >= 0.6 is 0 Å². The lowest BCUT2D eigenvalue weighted by Gasteiger charge is -1.91. The molecule has 0 atom stereocenters. The number of nitrogens with one attached hydrogen (secondary N) is 2. The minimum absolute atomic E-state index is 0.227. The number of H-pyrrole nitrogens is 2. The first-order chi connectivity index (χ1) is 8.15. The second-order valence-corrected chi connectivity index (χ2v) is 2.96. The molecule has 2 rings (SSSR count). The highest BCUT2D eigenvalue weighted by Gasteiger charge is 2.02. The highest BCUT2D eigenvalue weighted by atomic mass is 16.5. The number of hydrogen-bond acceptors (Lipinski definition) is 3. The quantitative estimate of drug-likeness (QED) is 0.689. The third kappa shape index (κ3) is 3.86. The summed E-state index contributed by atoms with van der Waals surface area (Å²) in [5, 5.41) is 8.24. The molecule has 0 bridgehead atoms. The second-order valence-electron chi connectivity index (χ2n) is 2.96. The van der Waals surface area contributed by atoms with E-state index in [0.29, 0.717) is 5.69 Å². The maximum Gasteiger partial charge on any atom is 0.354 e. The SMILES string of the molecule is COC(=O)c1ccc[nH]1.O=C(O)c1ccc[nH]1. The van der Waals surface area contributed by atoms with Crippen LogP contribution in [0.5, 0.6) is 0 Å². The summed E-state index contributed by atoms with van der Waals surface area (Å²) in [6, 6.07) is 6.55. The van der Waals surface area contributed by atoms with Gasteiger partial charge in [0.2, 0.25) is 0 Å². The zero-order chi connectivity index (χ0) is 12.7. The lowest BCUT2D eigenvalue weighted by Crippen LogP contribution is -2.00. The molecule has 0 amide bonds. The van der Waals surface area contributed by atoms with Crippen LogP contribution in [0.1, 0.15) is 21.0 Å². The third-order valence-corrected chi connectivity index (χ3v) is 1.83. The first-order valence-corrected chi connectivity index (χ1v) is 4.73. The van der Waals surface area contributed by atoms with Gasteiger partial charge in [0.15, 0.2) is 0 Å². The number of methoxy groups -OCH3 is 1. The van der Waals surface area contributed by atoms with Crippen molar-refractivity contribution in [2.24, 2.45) is 0 Å². The monoisotopic (exact) mass is 236 g/mol. The van der Waals surface area contributed by atoms with Crippen molar-refractivity contribution in [3.63, 3.8) is 0 Å². The van der Waals surface area contributed by atoms with E-state index < -0.39 is 5.97 Å². The summed E-state index contributed by atoms with van der Waals surface area (Å²) in [4.78, 5) is 25.9. The van der Waals surface area contributed by atoms with E-state index in [1.165, 1.54) is 13.2 Å². The number of carbonyl (C=O) groups is 2. The molecule has 6 heteroatoms. The molecule has 0 aromatic carbocycles. The number of aromatic carboxylic acids is 1. The number of carboxylic acid groups (broad SMARTS) is 1. The summed E-state index contributed by atoms with van der Waals surface area (Å²) < 4.78 is 4.42. The van der Waals surface area contributed by atoms with Gasteiger partial charge in [0.05, 0.1) is 7.11 Å². The van der Waals surface area contributed by atoms with E-state index >= 15 is 0 Å². The molecule has 6 nitrogen and oxygen atoms in total. The zero-order valence-electron chi connectivity index (χ0n) is 9.14. The minimum atomic E-state index is -0.921. The Morgan fingerprint density at radius 1 is 1.12 bits per heavy atom. The van der Waals surface area contributed by atoms with Gasteiger partial charge >= 0.3 is 11.9 Å². The Morgan fingerprint density at radius 3 is 1.94 bits per heavy atom. The summed E-state index contributed by atoms with van der Waals surface area (Å²) in [7, 11) is 1.35. The average Bonchev–Trinajstić information content (AvgIpc) is 3.01. The van der Waals surface area contributed by atoms with Crippen molar-refractivity contribution in [1.82, 2.24) is 9.97 Å². The highest BCUT2D eigenvalue weighted by Crippen LogP contribution is 1.94. The Bertz CT molecular complexity index is 460. The Balaban J connectivity index is 0.000000171. The summed E-state index contributed by atoms with van der Waals surface area (Å²) >= 11 is 0. The van der Waals surface area contributed by atoms with Crippen LogP contribution in [-0.4, -0.2) is 34.1 Å². The fourth-order valence-electron chi connectivity index (χ4n) is 1.03. The van der Waals surface area contributed by atoms with Crippen molar-refractivity contribution in [2.45, 2.75) is 0 Å². The number of rotatable bonds is 2. The van der Waals surface area contributed by atoms with Gasteiger partial charge in [-0.2, -0.15) is 0 Å². The molecule has 2 aromatic heterocycles. The predicted octanol–water partition coefficient (Wildman–Crippen LogP) is 1.51. The van der Waals surface area contributed by atoms with E-state index in [-0.39, 0.29) is 11.7 Å². The molecule has 0 spiro atoms. The number of carboxylic acids is 1. The van der Waals surface area contributed by atoms with Gasteiger partial charge in [-0.15, -0.1) is 0 Å². The van der Waals surface area contributed by atoms with Gasteiger partial charge in [0.1, 0.15) is 11.4 Å². The van der Waals surface area contributed by atoms with Crippen molar-refractivity contribution < 1.29 is 19.4 Å². The molecule has 0 saturated carbocycles. The van der Waals surface area contributed by atoms with Gasteiger partial charge < -0.3 is 19.8 Å². The number of carbonyl (C=O) groups excluding carboxylic acids is 1. The summed E-state index contributed by atoms with van der Waals surface area (Å²) in [5.74, 6) is -1.25. The standard InChI is InChI=1S/C6H7NO2.C5H5NO2/c1-9-6(8)5-3-2-4-7-5;7-5(8)4-2-1-3-6-4/h2-4,7H,1H3;1-3,6H,(H,7,8). The number of aromatic nitrogens is 2. The number of ether oxygens (including phenoxy) is 1. The Labute approximate surface area is 97.2 Å². The molecule has 0 unspecified atom stereocenters. The second kappa shape index (κ2) is 6.16. The molecule has 0 aliphatic rings. The summed E-state index contributed by atoms with van der Waals surface area (Å²) in [6.45, 7) is 0. The molecule has 0 aliphatic carbocycles. The van der Waals surface area contributed by atoms with Crippen LogP contribution in [0.25, 0.3) is 0 Å². The lowest BCUT2D eigenvalue weighted by atomic mass is 10.4. The summed E-state index contributed by atoms with van der Waals surface area (Å²) in [6.07, 6.45) is 3.25. The van der Waals surface area contributed by atoms with Crippen LogP contribution < -0.4 is 0 Å². The maximum atomic E-state index is 10.6. The molecule has 0 radical (unpaired) electrons. The van der Waals surface area contributed by atoms with Gasteiger partial charge in [-0.1, -0.05) is 0 Å². The van der Waals surface area contributed by atoms with Gasteiger partial charge in [-0.3, -0.25) is 0 Å². The van der Waals surface area contributed by atoms with Gasteiger partial charge in [-0.05, 0) is 24.3 Å². The van der Waals surface area contributed by atoms with Crippen LogP contribution in [-0.2, 0) is 4.74 Å². The molecule has 2 aromatic rings. The van der Waals surface area contributed by atoms with Crippen molar-refractivity contribution in [3.05, 3.63) is 48.0 Å². The van der Waals surface area contributed by atoms with Crippen LogP contribution in [0.3, 0.4) is 0 Å². The Kier molecular flexibility index (Phi) is 4.56. The molecule has 0 aliphatic heterocycles. The van der Waals surface area contributed by atoms with Gasteiger partial charge in [0, 0.05) is 12.4 Å². The predicted molar refractivity (Wildman–Crippen MR) is 59.9 cm³/mol. The number of aromatic amines is 2. The van der Waals surface area contributed by atoms with Gasteiger partial charge in [-0.25, -0.2) is 9.59 Å². The Morgan fingerprint density at radius 2 is 1.65 bits per heavy atom. The van der Waals surface area contributed by atoms with Crippen LogP contribution in [0.15, 0.2) is 36.7 Å². The maximum absolute atomic E-state index is 10.6. The molecule has 2 heterocycles. The number of hydrogen-bond donors (Lipinski definition) is 3. The molecule has 0 saturated heterocycles.